The predicted octanol–water partition coefficient (Wildman–Crippen LogP) is 2.29. The summed E-state index contributed by atoms with van der Waals surface area (Å²) < 4.78 is 0. The number of nitrogens with zero attached hydrogens (tertiary/aromatic N) is 4. The van der Waals surface area contributed by atoms with Crippen LogP contribution in [0, 0.1) is 0 Å². The van der Waals surface area contributed by atoms with Crippen molar-refractivity contribution in [3.05, 3.63) is 24.5 Å². The fourth-order valence-corrected chi connectivity index (χ4v) is 4.08. The largest absolute Gasteiger partial charge is 0.479 e. The zero-order valence-corrected chi connectivity index (χ0v) is 17.9. The van der Waals surface area contributed by atoms with E-state index in [9.17, 15) is 14.7 Å². The second-order valence-electron chi connectivity index (χ2n) is 7.32. The van der Waals surface area contributed by atoms with Gasteiger partial charge in [-0.15, -0.1) is 24.8 Å². The van der Waals surface area contributed by atoms with Crippen molar-refractivity contribution in [1.29, 1.82) is 0 Å². The molecule has 1 aliphatic carbocycles. The van der Waals surface area contributed by atoms with E-state index in [4.69, 9.17) is 0 Å². The molecule has 0 aromatic carbocycles. The number of aliphatic carboxylic acids is 1. The molecule has 0 unspecified atom stereocenters. The number of amides is 1. The van der Waals surface area contributed by atoms with E-state index < -0.39 is 11.5 Å². The zero-order chi connectivity index (χ0) is 18.6. The number of carboxylic acids is 1. The third-order valence-corrected chi connectivity index (χ3v) is 5.85. The van der Waals surface area contributed by atoms with Crippen LogP contribution in [-0.4, -0.2) is 77.1 Å². The molecule has 28 heavy (non-hydrogen) atoms. The number of carbonyl (C=O) groups is 2. The molecule has 1 aliphatic heterocycles. The quantitative estimate of drug-likeness (QED) is 0.768. The number of anilines is 1. The second kappa shape index (κ2) is 10.8. The van der Waals surface area contributed by atoms with E-state index in [0.29, 0.717) is 12.8 Å². The highest BCUT2D eigenvalue weighted by atomic mass is 35.5. The van der Waals surface area contributed by atoms with Crippen molar-refractivity contribution in [1.82, 2.24) is 14.8 Å². The minimum atomic E-state index is -1.02. The van der Waals surface area contributed by atoms with Crippen LogP contribution < -0.4 is 4.90 Å². The number of aromatic nitrogens is 1. The van der Waals surface area contributed by atoms with E-state index in [1.54, 1.807) is 19.4 Å². The van der Waals surface area contributed by atoms with Crippen molar-refractivity contribution >= 4 is 42.4 Å². The first-order valence-electron chi connectivity index (χ1n) is 9.40. The third-order valence-electron chi connectivity index (χ3n) is 5.85. The lowest BCUT2D eigenvalue weighted by Crippen LogP contribution is -2.59. The monoisotopic (exact) mass is 432 g/mol. The molecular formula is C19H30Cl2N4O3. The standard InChI is InChI=1S/C19H28N4O3.2ClH/c1-21(19(18(25)26)7-3-2-4-8-19)17(24)15-22-11-13-23(14-12-22)16-5-9-20-10-6-16;;/h5-6,9-10H,2-4,7-8,11-15H2,1H3,(H,25,26);2*1H. The Hall–Kier alpha value is -1.57. The van der Waals surface area contributed by atoms with Crippen LogP contribution in [0.3, 0.4) is 0 Å². The number of rotatable bonds is 5. The summed E-state index contributed by atoms with van der Waals surface area (Å²) in [6.07, 6.45) is 7.48. The zero-order valence-electron chi connectivity index (χ0n) is 16.2. The van der Waals surface area contributed by atoms with Crippen molar-refractivity contribution in [3.63, 3.8) is 0 Å². The van der Waals surface area contributed by atoms with Crippen molar-refractivity contribution in [3.8, 4) is 0 Å². The SMILES string of the molecule is CN(C(=O)CN1CCN(c2ccncc2)CC1)C1(C(=O)O)CCCCC1.Cl.Cl. The third kappa shape index (κ3) is 5.27. The van der Waals surface area contributed by atoms with Gasteiger partial charge in [0.15, 0.2) is 0 Å². The predicted molar refractivity (Wildman–Crippen MR) is 114 cm³/mol. The van der Waals surface area contributed by atoms with Gasteiger partial charge in [-0.1, -0.05) is 19.3 Å². The maximum atomic E-state index is 12.8. The van der Waals surface area contributed by atoms with E-state index >= 15 is 0 Å². The smallest absolute Gasteiger partial charge is 0.329 e. The van der Waals surface area contributed by atoms with Gasteiger partial charge in [-0.2, -0.15) is 0 Å². The van der Waals surface area contributed by atoms with Gasteiger partial charge >= 0.3 is 5.97 Å². The number of piperazine rings is 1. The molecule has 0 bridgehead atoms. The summed E-state index contributed by atoms with van der Waals surface area (Å²) in [6.45, 7) is 3.58. The molecule has 7 nitrogen and oxygen atoms in total. The minimum Gasteiger partial charge on any atom is -0.479 e. The van der Waals surface area contributed by atoms with Crippen molar-refractivity contribution in [2.75, 3.05) is 44.7 Å². The molecule has 1 amide bonds. The molecule has 158 valence electrons. The Labute approximate surface area is 178 Å². The van der Waals surface area contributed by atoms with Gasteiger partial charge in [0, 0.05) is 51.3 Å². The first-order chi connectivity index (χ1) is 12.5. The Balaban J connectivity index is 0.00000196. The fourth-order valence-electron chi connectivity index (χ4n) is 4.08. The van der Waals surface area contributed by atoms with Gasteiger partial charge in [0.2, 0.25) is 5.91 Å². The minimum absolute atomic E-state index is 0. The molecular weight excluding hydrogens is 403 g/mol. The molecule has 2 fully saturated rings. The van der Waals surface area contributed by atoms with Crippen LogP contribution in [0.5, 0.6) is 0 Å². The van der Waals surface area contributed by atoms with Crippen LogP contribution in [0.25, 0.3) is 0 Å². The van der Waals surface area contributed by atoms with Gasteiger partial charge in [-0.3, -0.25) is 14.7 Å². The summed E-state index contributed by atoms with van der Waals surface area (Å²) in [5.41, 5.74) is 0.129. The molecule has 3 rings (SSSR count). The first-order valence-corrected chi connectivity index (χ1v) is 9.40. The lowest BCUT2D eigenvalue weighted by molar-refractivity contribution is -0.160. The van der Waals surface area contributed by atoms with Crippen molar-refractivity contribution in [2.24, 2.45) is 0 Å². The maximum absolute atomic E-state index is 12.8. The summed E-state index contributed by atoms with van der Waals surface area (Å²) in [7, 11) is 1.66. The number of halogens is 2. The van der Waals surface area contributed by atoms with Gasteiger partial charge in [0.1, 0.15) is 5.54 Å². The Bertz CT molecular complexity index is 633. The highest BCUT2D eigenvalue weighted by Crippen LogP contribution is 2.33. The Morgan fingerprint density at radius 3 is 2.18 bits per heavy atom. The molecule has 0 atom stereocenters. The van der Waals surface area contributed by atoms with Gasteiger partial charge < -0.3 is 14.9 Å². The molecule has 1 aromatic rings. The van der Waals surface area contributed by atoms with E-state index in [1.165, 1.54) is 4.90 Å². The molecule has 1 aromatic heterocycles. The van der Waals surface area contributed by atoms with Gasteiger partial charge in [-0.25, -0.2) is 4.79 Å². The Kier molecular flexibility index (Phi) is 9.47. The van der Waals surface area contributed by atoms with E-state index in [-0.39, 0.29) is 37.3 Å². The fraction of sp³-hybridized carbons (Fsp3) is 0.632. The Morgan fingerprint density at radius 1 is 1.07 bits per heavy atom. The van der Waals surface area contributed by atoms with E-state index in [2.05, 4.69) is 14.8 Å². The summed E-state index contributed by atoms with van der Waals surface area (Å²) in [6, 6.07) is 3.99. The molecule has 0 radical (unpaired) electrons. The van der Waals surface area contributed by atoms with Crippen LogP contribution in [0.1, 0.15) is 32.1 Å². The van der Waals surface area contributed by atoms with E-state index in [0.717, 1.165) is 51.1 Å². The van der Waals surface area contributed by atoms with Crippen molar-refractivity contribution in [2.45, 2.75) is 37.6 Å². The molecule has 1 N–H and O–H groups in total. The molecule has 2 heterocycles. The van der Waals surface area contributed by atoms with Crippen LogP contribution in [0.4, 0.5) is 5.69 Å². The summed E-state index contributed by atoms with van der Waals surface area (Å²) in [4.78, 5) is 34.6. The lowest BCUT2D eigenvalue weighted by Gasteiger charge is -2.42. The number of carbonyl (C=O) groups excluding carboxylic acids is 1. The number of likely N-dealkylation sites (N-methyl/N-ethyl adjacent to an activating group) is 1. The molecule has 9 heteroatoms. The molecule has 1 saturated heterocycles. The van der Waals surface area contributed by atoms with Gasteiger partial charge in [0.05, 0.1) is 6.54 Å². The van der Waals surface area contributed by atoms with Crippen LogP contribution in [-0.2, 0) is 9.59 Å². The first kappa shape index (κ1) is 24.5. The molecule has 0 spiro atoms. The average molecular weight is 433 g/mol. The number of pyridine rings is 1. The summed E-state index contributed by atoms with van der Waals surface area (Å²) in [5, 5.41) is 9.76. The van der Waals surface area contributed by atoms with Gasteiger partial charge in [0.25, 0.3) is 0 Å². The molecule has 2 aliphatic rings. The van der Waals surface area contributed by atoms with E-state index in [1.807, 2.05) is 12.1 Å². The lowest BCUT2D eigenvalue weighted by atomic mass is 9.80. The topological polar surface area (TPSA) is 77.0 Å². The molecule has 1 saturated carbocycles. The van der Waals surface area contributed by atoms with Crippen molar-refractivity contribution < 1.29 is 14.7 Å². The number of hydrogen-bond acceptors (Lipinski definition) is 5. The Morgan fingerprint density at radius 2 is 1.64 bits per heavy atom. The normalized spacial score (nSPS) is 19.1. The van der Waals surface area contributed by atoms with Gasteiger partial charge in [-0.05, 0) is 25.0 Å². The summed E-state index contributed by atoms with van der Waals surface area (Å²) >= 11 is 0. The highest BCUT2D eigenvalue weighted by Gasteiger charge is 2.45. The van der Waals surface area contributed by atoms with Crippen LogP contribution in [0.2, 0.25) is 0 Å². The van der Waals surface area contributed by atoms with Crippen LogP contribution in [0.15, 0.2) is 24.5 Å². The summed E-state index contributed by atoms with van der Waals surface area (Å²) in [5.74, 6) is -0.956. The highest BCUT2D eigenvalue weighted by molar-refractivity contribution is 5.88. The van der Waals surface area contributed by atoms with Crippen LogP contribution >= 0.6 is 24.8 Å². The number of carboxylic acid groups (broad SMARTS) is 1. The average Bonchev–Trinajstić information content (AvgIpc) is 2.69. The second-order valence-corrected chi connectivity index (χ2v) is 7.32. The maximum Gasteiger partial charge on any atom is 0.329 e. The number of hydrogen-bond donors (Lipinski definition) is 1.